The monoisotopic (exact) mass is 295 g/mol. The molecule has 1 aromatic carbocycles. The summed E-state index contributed by atoms with van der Waals surface area (Å²) in [5.41, 5.74) is 0.704. The molecule has 0 saturated carbocycles. The van der Waals surface area contributed by atoms with Crippen LogP contribution >= 0.6 is 0 Å². The molecule has 1 fully saturated rings. The quantitative estimate of drug-likeness (QED) is 0.884. The number of halogens is 1. The highest BCUT2D eigenvalue weighted by Gasteiger charge is 2.29. The van der Waals surface area contributed by atoms with Gasteiger partial charge in [-0.05, 0) is 39.2 Å². The van der Waals surface area contributed by atoms with Gasteiger partial charge < -0.3 is 15.0 Å². The fourth-order valence-corrected chi connectivity index (χ4v) is 3.02. The molecule has 2 rings (SSSR count). The number of methoxy groups -OCH3 is 1. The molecule has 0 amide bonds. The first kappa shape index (κ1) is 16.2. The number of rotatable bonds is 5. The summed E-state index contributed by atoms with van der Waals surface area (Å²) in [6.07, 6.45) is 0.655. The lowest BCUT2D eigenvalue weighted by molar-refractivity contribution is 0.0894. The van der Waals surface area contributed by atoms with Gasteiger partial charge in [0.1, 0.15) is 0 Å². The smallest absolute Gasteiger partial charge is 0.168 e. The van der Waals surface area contributed by atoms with Crippen molar-refractivity contribution in [2.24, 2.45) is 0 Å². The topological polar surface area (TPSA) is 27.7 Å². The van der Waals surface area contributed by atoms with Gasteiger partial charge in [0.2, 0.25) is 0 Å². The zero-order valence-corrected chi connectivity index (χ0v) is 13.4. The van der Waals surface area contributed by atoms with Crippen molar-refractivity contribution >= 4 is 0 Å². The van der Waals surface area contributed by atoms with Crippen LogP contribution in [0.3, 0.4) is 0 Å². The van der Waals surface area contributed by atoms with E-state index in [1.807, 2.05) is 19.2 Å². The molecule has 2 atom stereocenters. The largest absolute Gasteiger partial charge is 0.494 e. The first-order valence-corrected chi connectivity index (χ1v) is 7.44. The van der Waals surface area contributed by atoms with Crippen molar-refractivity contribution < 1.29 is 9.13 Å². The maximum absolute atomic E-state index is 14.3. The van der Waals surface area contributed by atoms with Crippen LogP contribution in [-0.4, -0.2) is 69.8 Å². The van der Waals surface area contributed by atoms with Crippen LogP contribution in [0.1, 0.15) is 5.56 Å². The zero-order valence-electron chi connectivity index (χ0n) is 13.4. The molecule has 2 unspecified atom stereocenters. The van der Waals surface area contributed by atoms with E-state index in [4.69, 9.17) is 4.74 Å². The van der Waals surface area contributed by atoms with Gasteiger partial charge in [-0.25, -0.2) is 4.39 Å². The Morgan fingerprint density at radius 2 is 2.14 bits per heavy atom. The van der Waals surface area contributed by atoms with Gasteiger partial charge in [0.25, 0.3) is 0 Å². The first-order valence-electron chi connectivity index (χ1n) is 7.44. The third kappa shape index (κ3) is 3.73. The number of nitrogens with zero attached hydrogens (tertiary/aromatic N) is 2. The van der Waals surface area contributed by atoms with E-state index in [0.717, 1.165) is 19.6 Å². The van der Waals surface area contributed by atoms with Crippen LogP contribution in [0.15, 0.2) is 18.2 Å². The minimum absolute atomic E-state index is 0.208. The van der Waals surface area contributed by atoms with Gasteiger partial charge in [0, 0.05) is 31.7 Å². The van der Waals surface area contributed by atoms with Gasteiger partial charge in [-0.3, -0.25) is 4.90 Å². The van der Waals surface area contributed by atoms with E-state index in [9.17, 15) is 4.39 Å². The third-order valence-corrected chi connectivity index (χ3v) is 4.44. The fourth-order valence-electron chi connectivity index (χ4n) is 3.02. The predicted octanol–water partition coefficient (Wildman–Crippen LogP) is 1.21. The number of likely N-dealkylation sites (N-methyl/N-ethyl adjacent to an activating group) is 3. The molecule has 1 aliphatic rings. The number of hydrogen-bond donors (Lipinski definition) is 1. The Labute approximate surface area is 126 Å². The van der Waals surface area contributed by atoms with E-state index in [-0.39, 0.29) is 11.9 Å². The Morgan fingerprint density at radius 1 is 1.38 bits per heavy atom. The lowest BCUT2D eigenvalue weighted by atomic mass is 9.96. The Morgan fingerprint density at radius 3 is 2.81 bits per heavy atom. The Hall–Kier alpha value is -1.17. The number of benzene rings is 1. The second-order valence-corrected chi connectivity index (χ2v) is 5.84. The van der Waals surface area contributed by atoms with E-state index >= 15 is 0 Å². The second kappa shape index (κ2) is 7.20. The number of nitrogens with one attached hydrogen (secondary N) is 1. The highest BCUT2D eigenvalue weighted by Crippen LogP contribution is 2.22. The maximum Gasteiger partial charge on any atom is 0.168 e. The summed E-state index contributed by atoms with van der Waals surface area (Å²) in [5.74, 6) is 0.0727. The molecule has 1 heterocycles. The molecular formula is C16H26FN3O. The molecular weight excluding hydrogens is 269 g/mol. The van der Waals surface area contributed by atoms with Gasteiger partial charge in [0.15, 0.2) is 11.6 Å². The van der Waals surface area contributed by atoms with Crippen molar-refractivity contribution in [1.82, 2.24) is 15.1 Å². The van der Waals surface area contributed by atoms with Crippen LogP contribution in [0.2, 0.25) is 0 Å². The van der Waals surface area contributed by atoms with Gasteiger partial charge in [0.05, 0.1) is 7.11 Å². The minimum Gasteiger partial charge on any atom is -0.494 e. The van der Waals surface area contributed by atoms with Crippen LogP contribution in [0, 0.1) is 5.82 Å². The van der Waals surface area contributed by atoms with Gasteiger partial charge in [-0.2, -0.15) is 0 Å². The van der Waals surface area contributed by atoms with Crippen molar-refractivity contribution in [2.45, 2.75) is 18.5 Å². The third-order valence-electron chi connectivity index (χ3n) is 4.44. The van der Waals surface area contributed by atoms with Crippen molar-refractivity contribution in [3.8, 4) is 5.75 Å². The van der Waals surface area contributed by atoms with Gasteiger partial charge in [-0.15, -0.1) is 0 Å². The number of hydrogen-bond acceptors (Lipinski definition) is 4. The zero-order chi connectivity index (χ0) is 15.4. The Kier molecular flexibility index (Phi) is 5.56. The first-order chi connectivity index (χ1) is 10.1. The van der Waals surface area contributed by atoms with Crippen molar-refractivity contribution in [3.05, 3.63) is 29.6 Å². The Bertz CT molecular complexity index is 469. The van der Waals surface area contributed by atoms with E-state index in [1.165, 1.54) is 7.11 Å². The van der Waals surface area contributed by atoms with Crippen LogP contribution in [-0.2, 0) is 6.42 Å². The van der Waals surface area contributed by atoms with Gasteiger partial charge >= 0.3 is 0 Å². The van der Waals surface area contributed by atoms with E-state index < -0.39 is 0 Å². The van der Waals surface area contributed by atoms with Crippen LogP contribution in [0.5, 0.6) is 5.75 Å². The molecule has 0 bridgehead atoms. The highest BCUT2D eigenvalue weighted by atomic mass is 19.1. The van der Waals surface area contributed by atoms with Crippen LogP contribution in [0.25, 0.3) is 0 Å². The van der Waals surface area contributed by atoms with E-state index in [1.54, 1.807) is 6.07 Å². The molecule has 1 saturated heterocycles. The molecule has 4 nitrogen and oxygen atoms in total. The molecule has 118 valence electrons. The molecule has 1 aliphatic heterocycles. The van der Waals surface area contributed by atoms with Crippen molar-refractivity contribution in [2.75, 3.05) is 47.9 Å². The molecule has 0 aromatic heterocycles. The van der Waals surface area contributed by atoms with E-state index in [0.29, 0.717) is 23.8 Å². The summed E-state index contributed by atoms with van der Waals surface area (Å²) < 4.78 is 19.4. The Balaban J connectivity index is 2.15. The number of piperazine rings is 1. The average molecular weight is 295 g/mol. The summed E-state index contributed by atoms with van der Waals surface area (Å²) >= 11 is 0. The second-order valence-electron chi connectivity index (χ2n) is 5.84. The standard InChI is InChI=1S/C16H26FN3O/c1-18-13(14-11-19(2)8-9-20(14)3)10-12-6-5-7-15(21-4)16(12)17/h5-7,13-14,18H,8-11H2,1-4H3. The lowest BCUT2D eigenvalue weighted by Crippen LogP contribution is -2.58. The molecule has 1 aromatic rings. The summed E-state index contributed by atoms with van der Waals surface area (Å²) in [4.78, 5) is 4.69. The van der Waals surface area contributed by atoms with Crippen LogP contribution in [0.4, 0.5) is 4.39 Å². The molecule has 5 heteroatoms. The molecule has 0 radical (unpaired) electrons. The van der Waals surface area contributed by atoms with Crippen molar-refractivity contribution in [1.29, 1.82) is 0 Å². The average Bonchev–Trinajstić information content (AvgIpc) is 2.49. The summed E-state index contributed by atoms with van der Waals surface area (Å²) in [7, 11) is 7.73. The highest BCUT2D eigenvalue weighted by molar-refractivity contribution is 5.31. The SMILES string of the molecule is CNC(Cc1cccc(OC)c1F)C1CN(C)CCN1C. The lowest BCUT2D eigenvalue weighted by Gasteiger charge is -2.42. The summed E-state index contributed by atoms with van der Waals surface area (Å²) in [5, 5.41) is 3.36. The molecule has 1 N–H and O–H groups in total. The maximum atomic E-state index is 14.3. The minimum atomic E-state index is -0.243. The predicted molar refractivity (Wildman–Crippen MR) is 83.4 cm³/mol. The van der Waals surface area contributed by atoms with Crippen molar-refractivity contribution in [3.63, 3.8) is 0 Å². The summed E-state index contributed by atoms with van der Waals surface area (Å²) in [6.45, 7) is 3.12. The summed E-state index contributed by atoms with van der Waals surface area (Å²) in [6, 6.07) is 5.93. The van der Waals surface area contributed by atoms with Crippen LogP contribution < -0.4 is 10.1 Å². The molecule has 0 spiro atoms. The van der Waals surface area contributed by atoms with E-state index in [2.05, 4.69) is 29.2 Å². The number of ether oxygens (including phenoxy) is 1. The fraction of sp³-hybridized carbons (Fsp3) is 0.625. The normalized spacial score (nSPS) is 22.2. The molecule has 21 heavy (non-hydrogen) atoms. The molecule has 0 aliphatic carbocycles. The van der Waals surface area contributed by atoms with Gasteiger partial charge in [-0.1, -0.05) is 12.1 Å².